The number of nitrogens with zero attached hydrogens (tertiary/aromatic N) is 2. The summed E-state index contributed by atoms with van der Waals surface area (Å²) in [6.07, 6.45) is 0. The lowest BCUT2D eigenvalue weighted by Crippen LogP contribution is -2.11. The van der Waals surface area contributed by atoms with E-state index in [2.05, 4.69) is 4.36 Å². The SMILES string of the molecule is CN=S(N)c1ccc(CN(C)C)cc1F. The zero-order chi connectivity index (χ0) is 11.4. The Balaban J connectivity index is 2.98. The first-order valence-corrected chi connectivity index (χ1v) is 5.81. The second kappa shape index (κ2) is 5.34. The van der Waals surface area contributed by atoms with E-state index in [1.807, 2.05) is 25.1 Å². The highest BCUT2D eigenvalue weighted by molar-refractivity contribution is 7.85. The summed E-state index contributed by atoms with van der Waals surface area (Å²) in [5, 5.41) is 5.66. The monoisotopic (exact) mass is 229 g/mol. The van der Waals surface area contributed by atoms with Crippen molar-refractivity contribution in [2.45, 2.75) is 11.4 Å². The fourth-order valence-corrected chi connectivity index (χ4v) is 1.94. The zero-order valence-corrected chi connectivity index (χ0v) is 10.0. The Morgan fingerprint density at radius 1 is 1.47 bits per heavy atom. The third-order valence-corrected chi connectivity index (χ3v) is 3.09. The summed E-state index contributed by atoms with van der Waals surface area (Å²) in [4.78, 5) is 2.46. The minimum Gasteiger partial charge on any atom is -0.305 e. The second-order valence-corrected chi connectivity index (χ2v) is 4.93. The van der Waals surface area contributed by atoms with Crippen LogP contribution in [0.2, 0.25) is 0 Å². The van der Waals surface area contributed by atoms with Crippen LogP contribution in [0, 0.1) is 5.82 Å². The Labute approximate surface area is 92.3 Å². The van der Waals surface area contributed by atoms with Gasteiger partial charge in [-0.1, -0.05) is 6.07 Å². The van der Waals surface area contributed by atoms with Crippen molar-refractivity contribution in [2.75, 3.05) is 21.1 Å². The van der Waals surface area contributed by atoms with E-state index in [4.69, 9.17) is 5.14 Å². The number of benzene rings is 1. The maximum absolute atomic E-state index is 13.6. The van der Waals surface area contributed by atoms with E-state index in [9.17, 15) is 4.39 Å². The van der Waals surface area contributed by atoms with E-state index in [-0.39, 0.29) is 5.82 Å². The van der Waals surface area contributed by atoms with Gasteiger partial charge in [0, 0.05) is 13.6 Å². The van der Waals surface area contributed by atoms with E-state index < -0.39 is 10.9 Å². The Kier molecular flexibility index (Phi) is 4.38. The van der Waals surface area contributed by atoms with Crippen LogP contribution in [0.4, 0.5) is 4.39 Å². The molecule has 0 bridgehead atoms. The van der Waals surface area contributed by atoms with Crippen LogP contribution >= 0.6 is 0 Å². The highest BCUT2D eigenvalue weighted by Gasteiger charge is 2.06. The molecule has 0 aliphatic carbocycles. The average molecular weight is 229 g/mol. The van der Waals surface area contributed by atoms with Gasteiger partial charge in [0.05, 0.1) is 4.90 Å². The molecule has 0 aliphatic rings. The van der Waals surface area contributed by atoms with Crippen LogP contribution in [0.3, 0.4) is 0 Å². The lowest BCUT2D eigenvalue weighted by atomic mass is 10.2. The molecule has 0 fully saturated rings. The molecule has 1 unspecified atom stereocenters. The fourth-order valence-electron chi connectivity index (χ4n) is 1.28. The Morgan fingerprint density at radius 3 is 2.60 bits per heavy atom. The van der Waals surface area contributed by atoms with Gasteiger partial charge in [0.1, 0.15) is 5.82 Å². The topological polar surface area (TPSA) is 41.6 Å². The van der Waals surface area contributed by atoms with Gasteiger partial charge in [-0.25, -0.2) is 8.75 Å². The molecule has 3 nitrogen and oxygen atoms in total. The molecule has 0 heterocycles. The van der Waals surface area contributed by atoms with Crippen LogP contribution in [0.25, 0.3) is 0 Å². The van der Waals surface area contributed by atoms with Gasteiger partial charge in [-0.3, -0.25) is 5.14 Å². The van der Waals surface area contributed by atoms with Crippen LogP contribution in [0.5, 0.6) is 0 Å². The molecule has 1 aromatic carbocycles. The van der Waals surface area contributed by atoms with E-state index in [1.165, 1.54) is 6.07 Å². The van der Waals surface area contributed by atoms with Crippen molar-refractivity contribution in [1.82, 2.24) is 4.90 Å². The Bertz CT molecular complexity index is 377. The molecular formula is C10H16FN3S. The first-order valence-electron chi connectivity index (χ1n) is 4.56. The minimum atomic E-state index is -0.837. The van der Waals surface area contributed by atoms with Crippen molar-refractivity contribution in [3.63, 3.8) is 0 Å². The molecule has 0 amide bonds. The molecule has 1 rings (SSSR count). The number of rotatable bonds is 3. The standard InChI is InChI=1S/C10H16FN3S/c1-13-15(12)10-5-4-8(6-9(10)11)7-14(2)3/h4-6H,7H2,1-3H3,(H2,12,13). The van der Waals surface area contributed by atoms with Crippen molar-refractivity contribution in [2.24, 2.45) is 9.50 Å². The third-order valence-electron chi connectivity index (χ3n) is 1.92. The van der Waals surface area contributed by atoms with Gasteiger partial charge in [0.25, 0.3) is 0 Å². The summed E-state index contributed by atoms with van der Waals surface area (Å²) in [6, 6.07) is 5.12. The Hall–Kier alpha value is -0.780. The van der Waals surface area contributed by atoms with E-state index in [1.54, 1.807) is 13.1 Å². The zero-order valence-electron chi connectivity index (χ0n) is 9.20. The third kappa shape index (κ3) is 3.37. The molecule has 5 heteroatoms. The van der Waals surface area contributed by atoms with Gasteiger partial charge in [0.15, 0.2) is 0 Å². The summed E-state index contributed by atoms with van der Waals surface area (Å²) >= 11 is 0. The molecule has 15 heavy (non-hydrogen) atoms. The van der Waals surface area contributed by atoms with Crippen molar-refractivity contribution in [3.8, 4) is 0 Å². The second-order valence-electron chi connectivity index (χ2n) is 3.50. The molecule has 84 valence electrons. The van der Waals surface area contributed by atoms with Crippen molar-refractivity contribution in [3.05, 3.63) is 29.6 Å². The van der Waals surface area contributed by atoms with Gasteiger partial charge < -0.3 is 4.90 Å². The van der Waals surface area contributed by atoms with Gasteiger partial charge >= 0.3 is 0 Å². The molecule has 0 aromatic heterocycles. The number of nitrogens with two attached hydrogens (primary N) is 1. The average Bonchev–Trinajstić information content (AvgIpc) is 2.16. The lowest BCUT2D eigenvalue weighted by molar-refractivity contribution is 0.401. The highest BCUT2D eigenvalue weighted by Crippen LogP contribution is 2.14. The van der Waals surface area contributed by atoms with E-state index in [0.717, 1.165) is 12.1 Å². The van der Waals surface area contributed by atoms with Crippen molar-refractivity contribution < 1.29 is 4.39 Å². The highest BCUT2D eigenvalue weighted by atomic mass is 32.2. The van der Waals surface area contributed by atoms with Gasteiger partial charge in [0.2, 0.25) is 0 Å². The van der Waals surface area contributed by atoms with Crippen LogP contribution in [0.15, 0.2) is 27.5 Å². The summed E-state index contributed by atoms with van der Waals surface area (Å²) in [7, 11) is 4.65. The molecule has 0 aliphatic heterocycles. The van der Waals surface area contributed by atoms with Crippen molar-refractivity contribution in [1.29, 1.82) is 0 Å². The van der Waals surface area contributed by atoms with Crippen molar-refractivity contribution >= 4 is 10.9 Å². The molecule has 1 atom stereocenters. The minimum absolute atomic E-state index is 0.272. The first-order chi connectivity index (χ1) is 7.04. The predicted molar refractivity (Wildman–Crippen MR) is 62.0 cm³/mol. The quantitative estimate of drug-likeness (QED) is 0.854. The summed E-state index contributed by atoms with van der Waals surface area (Å²) in [5.41, 5.74) is 0.939. The maximum atomic E-state index is 13.6. The molecule has 2 N–H and O–H groups in total. The van der Waals surface area contributed by atoms with Crippen LogP contribution in [-0.2, 0) is 17.4 Å². The van der Waals surface area contributed by atoms with Crippen LogP contribution in [0.1, 0.15) is 5.56 Å². The smallest absolute Gasteiger partial charge is 0.139 e. The number of hydrogen-bond acceptors (Lipinski definition) is 2. The first kappa shape index (κ1) is 12.3. The van der Waals surface area contributed by atoms with E-state index >= 15 is 0 Å². The molecule has 0 radical (unpaired) electrons. The van der Waals surface area contributed by atoms with E-state index in [0.29, 0.717) is 4.90 Å². The lowest BCUT2D eigenvalue weighted by Gasteiger charge is -2.10. The normalized spacial score (nSPS) is 13.5. The fraction of sp³-hybridized carbons (Fsp3) is 0.400. The predicted octanol–water partition coefficient (Wildman–Crippen LogP) is 1.55. The molecule has 0 saturated heterocycles. The maximum Gasteiger partial charge on any atom is 0.139 e. The van der Waals surface area contributed by atoms with Gasteiger partial charge in [-0.05, 0) is 42.7 Å². The number of halogens is 1. The molecule has 0 spiro atoms. The number of hydrogen-bond donors (Lipinski definition) is 1. The summed E-state index contributed by atoms with van der Waals surface area (Å²) in [5.74, 6) is -0.272. The summed E-state index contributed by atoms with van der Waals surface area (Å²) < 4.78 is 17.5. The largest absolute Gasteiger partial charge is 0.305 e. The molecule has 0 saturated carbocycles. The van der Waals surface area contributed by atoms with Crippen LogP contribution in [-0.4, -0.2) is 26.0 Å². The van der Waals surface area contributed by atoms with Gasteiger partial charge in [-0.15, -0.1) is 0 Å². The summed E-state index contributed by atoms with van der Waals surface area (Å²) in [6.45, 7) is 0.721. The molecule has 1 aromatic rings. The van der Waals surface area contributed by atoms with Crippen LogP contribution < -0.4 is 5.14 Å². The molecular weight excluding hydrogens is 213 g/mol. The van der Waals surface area contributed by atoms with Gasteiger partial charge in [-0.2, -0.15) is 0 Å². The Morgan fingerprint density at radius 2 is 2.13 bits per heavy atom.